The van der Waals surface area contributed by atoms with Crippen molar-refractivity contribution in [1.82, 2.24) is 5.32 Å². The van der Waals surface area contributed by atoms with E-state index < -0.39 is 0 Å². The maximum Gasteiger partial charge on any atom is 0.287 e. The second-order valence-corrected chi connectivity index (χ2v) is 2.01. The summed E-state index contributed by atoms with van der Waals surface area (Å²) in [5, 5.41) is 13.0. The van der Waals surface area contributed by atoms with Crippen LogP contribution in [0.2, 0.25) is 0 Å². The van der Waals surface area contributed by atoms with E-state index >= 15 is 0 Å². The van der Waals surface area contributed by atoms with Gasteiger partial charge in [-0.25, -0.2) is 0 Å². The van der Waals surface area contributed by atoms with Gasteiger partial charge >= 0.3 is 0 Å². The first-order valence-corrected chi connectivity index (χ1v) is 3.27. The minimum atomic E-state index is -0.352. The first-order chi connectivity index (χ1) is 5.24. The Bertz CT molecular complexity index is 254. The number of hydrogen-bond donors (Lipinski definition) is 1. The van der Waals surface area contributed by atoms with Crippen LogP contribution in [0.1, 0.15) is 17.5 Å². The Labute approximate surface area is 63.8 Å². The first-order valence-electron chi connectivity index (χ1n) is 3.27. The summed E-state index contributed by atoms with van der Waals surface area (Å²) >= 11 is 0. The van der Waals surface area contributed by atoms with Crippen LogP contribution in [0.5, 0.6) is 5.75 Å². The highest BCUT2D eigenvalue weighted by atomic mass is 16.4. The minimum absolute atomic E-state index is 0.0665. The van der Waals surface area contributed by atoms with Crippen molar-refractivity contribution in [3.8, 4) is 5.75 Å². The Balaban J connectivity index is 2.69. The van der Waals surface area contributed by atoms with Gasteiger partial charge in [-0.1, -0.05) is 0 Å². The fourth-order valence-corrected chi connectivity index (χ4v) is 0.686. The molecule has 1 aromatic heterocycles. The Morgan fingerprint density at radius 2 is 2.45 bits per heavy atom. The Hall–Kier alpha value is -1.45. The Morgan fingerprint density at radius 3 is 2.91 bits per heavy atom. The van der Waals surface area contributed by atoms with Gasteiger partial charge in [0.15, 0.2) is 5.76 Å². The molecule has 1 heterocycles. The van der Waals surface area contributed by atoms with Crippen LogP contribution in [0.3, 0.4) is 0 Å². The lowest BCUT2D eigenvalue weighted by Gasteiger charge is -1.94. The van der Waals surface area contributed by atoms with Crippen molar-refractivity contribution < 1.29 is 14.3 Å². The van der Waals surface area contributed by atoms with Crippen molar-refractivity contribution in [2.75, 3.05) is 6.54 Å². The molecule has 0 aromatic carbocycles. The number of amides is 1. The van der Waals surface area contributed by atoms with Gasteiger partial charge in [0.25, 0.3) is 5.91 Å². The standard InChI is InChI=1S/C7H8NO3/c1-2-8-7(10)6-3-5(9)4-11-6/h3-4H,2H2,1H3,(H,8,10). The van der Waals surface area contributed by atoms with Gasteiger partial charge < -0.3 is 9.73 Å². The monoisotopic (exact) mass is 154 g/mol. The van der Waals surface area contributed by atoms with Crippen molar-refractivity contribution in [2.45, 2.75) is 6.92 Å². The fourth-order valence-electron chi connectivity index (χ4n) is 0.686. The number of nitrogens with one attached hydrogen (secondary N) is 1. The largest absolute Gasteiger partial charge is 0.455 e. The molecule has 0 fully saturated rings. The van der Waals surface area contributed by atoms with E-state index in [0.29, 0.717) is 6.54 Å². The van der Waals surface area contributed by atoms with Crippen LogP contribution < -0.4 is 5.32 Å². The fraction of sp³-hybridized carbons (Fsp3) is 0.286. The summed E-state index contributed by atoms with van der Waals surface area (Å²) in [4.78, 5) is 10.9. The summed E-state index contributed by atoms with van der Waals surface area (Å²) in [6.45, 7) is 2.31. The third-order valence-electron chi connectivity index (χ3n) is 1.14. The summed E-state index contributed by atoms with van der Waals surface area (Å²) < 4.78 is 4.65. The third kappa shape index (κ3) is 1.73. The number of furan rings is 1. The van der Waals surface area contributed by atoms with E-state index in [1.165, 1.54) is 0 Å². The summed E-state index contributed by atoms with van der Waals surface area (Å²) in [6.07, 6.45) is 1.00. The van der Waals surface area contributed by atoms with Crippen LogP contribution >= 0.6 is 0 Å². The molecule has 1 radical (unpaired) electrons. The zero-order valence-electron chi connectivity index (χ0n) is 6.09. The molecule has 11 heavy (non-hydrogen) atoms. The molecule has 1 rings (SSSR count). The lowest BCUT2D eigenvalue weighted by Crippen LogP contribution is -2.21. The predicted molar refractivity (Wildman–Crippen MR) is 36.8 cm³/mol. The van der Waals surface area contributed by atoms with Crippen LogP contribution in [0.25, 0.3) is 0 Å². The van der Waals surface area contributed by atoms with Crippen molar-refractivity contribution in [2.24, 2.45) is 0 Å². The quantitative estimate of drug-likeness (QED) is 0.695. The molecule has 59 valence electrons. The molecule has 0 saturated heterocycles. The number of hydrogen-bond acceptors (Lipinski definition) is 2. The lowest BCUT2D eigenvalue weighted by atomic mass is 10.4. The predicted octanol–water partition coefficient (Wildman–Crippen LogP) is 1.17. The summed E-state index contributed by atoms with van der Waals surface area (Å²) in [5.41, 5.74) is 0. The van der Waals surface area contributed by atoms with Crippen molar-refractivity contribution >= 4 is 5.91 Å². The topological polar surface area (TPSA) is 62.1 Å². The van der Waals surface area contributed by atoms with Gasteiger partial charge in [0, 0.05) is 12.6 Å². The van der Waals surface area contributed by atoms with E-state index in [1.807, 2.05) is 0 Å². The van der Waals surface area contributed by atoms with Crippen LogP contribution in [0.4, 0.5) is 0 Å². The van der Waals surface area contributed by atoms with Gasteiger partial charge in [0.1, 0.15) is 6.26 Å². The molecule has 0 unspecified atom stereocenters. The van der Waals surface area contributed by atoms with Gasteiger partial charge in [-0.2, -0.15) is 0 Å². The summed E-state index contributed by atoms with van der Waals surface area (Å²) in [7, 11) is 0. The highest BCUT2D eigenvalue weighted by Crippen LogP contribution is 2.13. The normalized spacial score (nSPS) is 9.55. The van der Waals surface area contributed by atoms with Crippen LogP contribution in [-0.2, 0) is 5.11 Å². The zero-order chi connectivity index (χ0) is 8.27. The van der Waals surface area contributed by atoms with E-state index in [9.17, 15) is 9.90 Å². The highest BCUT2D eigenvalue weighted by Gasteiger charge is 2.09. The summed E-state index contributed by atoms with van der Waals surface area (Å²) in [5.74, 6) is -0.572. The second kappa shape index (κ2) is 3.09. The molecule has 0 aliphatic rings. The summed E-state index contributed by atoms with van der Waals surface area (Å²) in [6, 6.07) is 1.16. The van der Waals surface area contributed by atoms with Gasteiger partial charge in [0.2, 0.25) is 5.75 Å². The lowest BCUT2D eigenvalue weighted by molar-refractivity contribution is 0.0928. The molecule has 0 aliphatic heterocycles. The Morgan fingerprint density at radius 1 is 1.73 bits per heavy atom. The van der Waals surface area contributed by atoms with Crippen LogP contribution in [0.15, 0.2) is 16.7 Å². The zero-order valence-corrected chi connectivity index (χ0v) is 6.09. The molecular weight excluding hydrogens is 146 g/mol. The number of rotatable bonds is 2. The second-order valence-electron chi connectivity index (χ2n) is 2.01. The molecule has 0 bridgehead atoms. The van der Waals surface area contributed by atoms with Gasteiger partial charge in [-0.3, -0.25) is 9.90 Å². The molecule has 1 aromatic rings. The molecule has 4 nitrogen and oxygen atoms in total. The van der Waals surface area contributed by atoms with Crippen molar-refractivity contribution in [3.05, 3.63) is 18.1 Å². The number of carbonyl (C=O) groups excluding carboxylic acids is 1. The van der Waals surface area contributed by atoms with Crippen molar-refractivity contribution in [1.29, 1.82) is 0 Å². The molecule has 0 aliphatic carbocycles. The molecule has 1 amide bonds. The smallest absolute Gasteiger partial charge is 0.287 e. The maximum absolute atomic E-state index is 10.9. The maximum atomic E-state index is 10.9. The average Bonchev–Trinajstić information content (AvgIpc) is 2.36. The molecule has 0 atom stereocenters. The highest BCUT2D eigenvalue weighted by molar-refractivity contribution is 5.91. The van der Waals surface area contributed by atoms with E-state index in [4.69, 9.17) is 0 Å². The van der Waals surface area contributed by atoms with E-state index in [-0.39, 0.29) is 17.4 Å². The molecule has 0 saturated carbocycles. The van der Waals surface area contributed by atoms with E-state index in [0.717, 1.165) is 12.3 Å². The Kier molecular flexibility index (Phi) is 2.15. The SMILES string of the molecule is CCNC(=O)c1cc([O])co1. The van der Waals surface area contributed by atoms with Crippen LogP contribution in [0, 0.1) is 0 Å². The number of carbonyl (C=O) groups is 1. The van der Waals surface area contributed by atoms with Gasteiger partial charge in [-0.05, 0) is 6.92 Å². The average molecular weight is 154 g/mol. The minimum Gasteiger partial charge on any atom is -0.455 e. The third-order valence-corrected chi connectivity index (χ3v) is 1.14. The molecule has 0 spiro atoms. The van der Waals surface area contributed by atoms with E-state index in [2.05, 4.69) is 9.73 Å². The van der Waals surface area contributed by atoms with E-state index in [1.54, 1.807) is 6.92 Å². The van der Waals surface area contributed by atoms with Gasteiger partial charge in [0.05, 0.1) is 0 Å². The molecule has 4 heteroatoms. The first kappa shape index (κ1) is 7.65. The molecular formula is C7H8NO3. The van der Waals surface area contributed by atoms with Crippen LogP contribution in [-0.4, -0.2) is 12.5 Å². The van der Waals surface area contributed by atoms with Gasteiger partial charge in [-0.15, -0.1) is 0 Å². The van der Waals surface area contributed by atoms with Crippen molar-refractivity contribution in [3.63, 3.8) is 0 Å². The molecule has 1 N–H and O–H groups in total.